The molecule has 1 saturated carbocycles. The average Bonchev–Trinajstić information content (AvgIpc) is 3.01. The van der Waals surface area contributed by atoms with E-state index < -0.39 is 0 Å². The van der Waals surface area contributed by atoms with Crippen LogP contribution in [0.3, 0.4) is 0 Å². The van der Waals surface area contributed by atoms with Crippen molar-refractivity contribution in [3.05, 3.63) is 28.8 Å². The Kier molecular flexibility index (Phi) is 5.47. The maximum Gasteiger partial charge on any atom is 0.255 e. The summed E-state index contributed by atoms with van der Waals surface area (Å²) in [6, 6.07) is 5.90. The summed E-state index contributed by atoms with van der Waals surface area (Å²) in [6.07, 6.45) is 4.24. The molecule has 1 saturated heterocycles. The van der Waals surface area contributed by atoms with E-state index >= 15 is 0 Å². The SMILES string of the molecule is CSc1ccc(Cl)c(C(=O)N2CC3CCC(N)C3C2)c1.Cl. The van der Waals surface area contributed by atoms with Gasteiger partial charge in [0.15, 0.2) is 0 Å². The van der Waals surface area contributed by atoms with Gasteiger partial charge in [0.05, 0.1) is 10.6 Å². The molecule has 0 spiro atoms. The first-order valence-electron chi connectivity index (χ1n) is 6.98. The van der Waals surface area contributed by atoms with Crippen molar-refractivity contribution < 1.29 is 4.79 Å². The Hall–Kier alpha value is -0.420. The van der Waals surface area contributed by atoms with E-state index in [4.69, 9.17) is 17.3 Å². The molecule has 1 aromatic carbocycles. The van der Waals surface area contributed by atoms with E-state index in [0.29, 0.717) is 22.4 Å². The van der Waals surface area contributed by atoms with Gasteiger partial charge in [-0.05, 0) is 49.1 Å². The standard InChI is InChI=1S/C15H19ClN2OS.ClH/c1-20-10-3-4-13(16)11(6-10)15(19)18-7-9-2-5-14(17)12(9)8-18;/h3-4,6,9,12,14H,2,5,7-8,17H2,1H3;1H. The summed E-state index contributed by atoms with van der Waals surface area (Å²) in [5.74, 6) is 1.10. The normalized spacial score (nSPS) is 27.4. The zero-order valence-electron chi connectivity index (χ0n) is 11.9. The van der Waals surface area contributed by atoms with E-state index in [0.717, 1.165) is 30.8 Å². The first kappa shape index (κ1) is 16.9. The highest BCUT2D eigenvalue weighted by atomic mass is 35.5. The summed E-state index contributed by atoms with van der Waals surface area (Å²) >= 11 is 7.81. The Morgan fingerprint density at radius 1 is 1.38 bits per heavy atom. The minimum atomic E-state index is 0. The maximum absolute atomic E-state index is 12.7. The molecule has 0 radical (unpaired) electrons. The van der Waals surface area contributed by atoms with Crippen LogP contribution in [-0.4, -0.2) is 36.2 Å². The smallest absolute Gasteiger partial charge is 0.255 e. The van der Waals surface area contributed by atoms with Crippen LogP contribution < -0.4 is 5.73 Å². The number of hydrogen-bond acceptors (Lipinski definition) is 3. The fraction of sp³-hybridized carbons (Fsp3) is 0.533. The topological polar surface area (TPSA) is 46.3 Å². The van der Waals surface area contributed by atoms with Crippen LogP contribution >= 0.6 is 35.8 Å². The van der Waals surface area contributed by atoms with Crippen molar-refractivity contribution in [2.24, 2.45) is 17.6 Å². The molecule has 2 fully saturated rings. The van der Waals surface area contributed by atoms with E-state index in [1.807, 2.05) is 29.4 Å². The zero-order valence-corrected chi connectivity index (χ0v) is 14.3. The average molecular weight is 347 g/mol. The third kappa shape index (κ3) is 3.19. The largest absolute Gasteiger partial charge is 0.338 e. The number of fused-ring (bicyclic) bond motifs is 1. The molecule has 2 aliphatic rings. The van der Waals surface area contributed by atoms with Crippen molar-refractivity contribution in [2.45, 2.75) is 23.8 Å². The number of hydrogen-bond donors (Lipinski definition) is 1. The lowest BCUT2D eigenvalue weighted by Crippen LogP contribution is -2.33. The minimum Gasteiger partial charge on any atom is -0.338 e. The van der Waals surface area contributed by atoms with E-state index in [-0.39, 0.29) is 24.4 Å². The van der Waals surface area contributed by atoms with Crippen molar-refractivity contribution >= 4 is 41.7 Å². The molecule has 1 aliphatic carbocycles. The number of nitrogens with two attached hydrogens (primary N) is 1. The lowest BCUT2D eigenvalue weighted by Gasteiger charge is -2.19. The molecule has 3 atom stereocenters. The summed E-state index contributed by atoms with van der Waals surface area (Å²) in [5, 5.41) is 0.536. The first-order valence-corrected chi connectivity index (χ1v) is 8.59. The van der Waals surface area contributed by atoms with Gasteiger partial charge < -0.3 is 10.6 Å². The van der Waals surface area contributed by atoms with Crippen LogP contribution in [-0.2, 0) is 0 Å². The van der Waals surface area contributed by atoms with Crippen LogP contribution in [0.25, 0.3) is 0 Å². The molecule has 0 bridgehead atoms. The van der Waals surface area contributed by atoms with Gasteiger partial charge in [-0.2, -0.15) is 0 Å². The monoisotopic (exact) mass is 346 g/mol. The molecule has 21 heavy (non-hydrogen) atoms. The molecule has 1 amide bonds. The summed E-state index contributed by atoms with van der Waals surface area (Å²) < 4.78 is 0. The predicted molar refractivity (Wildman–Crippen MR) is 90.6 cm³/mol. The van der Waals surface area contributed by atoms with Crippen molar-refractivity contribution in [2.75, 3.05) is 19.3 Å². The number of amides is 1. The molecular formula is C15H20Cl2N2OS. The molecule has 1 heterocycles. The van der Waals surface area contributed by atoms with Gasteiger partial charge in [-0.1, -0.05) is 11.6 Å². The highest BCUT2D eigenvalue weighted by molar-refractivity contribution is 7.98. The van der Waals surface area contributed by atoms with Gasteiger partial charge in [-0.15, -0.1) is 24.2 Å². The molecule has 1 aromatic rings. The molecule has 0 aromatic heterocycles. The molecular weight excluding hydrogens is 327 g/mol. The van der Waals surface area contributed by atoms with Gasteiger partial charge in [0, 0.05) is 24.0 Å². The Bertz CT molecular complexity index is 540. The summed E-state index contributed by atoms with van der Waals surface area (Å²) in [4.78, 5) is 15.7. The Morgan fingerprint density at radius 3 is 2.81 bits per heavy atom. The van der Waals surface area contributed by atoms with E-state index in [1.54, 1.807) is 11.8 Å². The fourth-order valence-corrected chi connectivity index (χ4v) is 4.08. The highest BCUT2D eigenvalue weighted by Gasteiger charge is 2.42. The van der Waals surface area contributed by atoms with E-state index in [9.17, 15) is 4.79 Å². The first-order chi connectivity index (χ1) is 9.60. The molecule has 3 unspecified atom stereocenters. The molecule has 3 rings (SSSR count). The molecule has 116 valence electrons. The van der Waals surface area contributed by atoms with Crippen LogP contribution in [0.2, 0.25) is 5.02 Å². The lowest BCUT2D eigenvalue weighted by atomic mass is 9.98. The zero-order chi connectivity index (χ0) is 14.3. The third-order valence-electron chi connectivity index (χ3n) is 4.60. The van der Waals surface area contributed by atoms with E-state index in [1.165, 1.54) is 0 Å². The fourth-order valence-electron chi connectivity index (χ4n) is 3.44. The number of carbonyl (C=O) groups excluding carboxylic acids is 1. The maximum atomic E-state index is 12.7. The van der Waals surface area contributed by atoms with Crippen LogP contribution in [0, 0.1) is 11.8 Å². The van der Waals surface area contributed by atoms with Crippen molar-refractivity contribution in [1.82, 2.24) is 4.90 Å². The third-order valence-corrected chi connectivity index (χ3v) is 5.66. The summed E-state index contributed by atoms with van der Waals surface area (Å²) in [7, 11) is 0. The number of likely N-dealkylation sites (tertiary alicyclic amines) is 1. The van der Waals surface area contributed by atoms with Crippen molar-refractivity contribution in [1.29, 1.82) is 0 Å². The number of rotatable bonds is 2. The van der Waals surface area contributed by atoms with Gasteiger partial charge >= 0.3 is 0 Å². The molecule has 6 heteroatoms. The van der Waals surface area contributed by atoms with Gasteiger partial charge in [0.1, 0.15) is 0 Å². The van der Waals surface area contributed by atoms with Crippen LogP contribution in [0.15, 0.2) is 23.1 Å². The molecule has 1 aliphatic heterocycles. The summed E-state index contributed by atoms with van der Waals surface area (Å²) in [6.45, 7) is 1.61. The highest BCUT2D eigenvalue weighted by Crippen LogP contribution is 2.38. The molecule has 3 nitrogen and oxygen atoms in total. The Morgan fingerprint density at radius 2 is 2.14 bits per heavy atom. The Balaban J connectivity index is 0.00000161. The minimum absolute atomic E-state index is 0. The second-order valence-electron chi connectivity index (χ2n) is 5.72. The van der Waals surface area contributed by atoms with Crippen molar-refractivity contribution in [3.63, 3.8) is 0 Å². The van der Waals surface area contributed by atoms with E-state index in [2.05, 4.69) is 0 Å². The van der Waals surface area contributed by atoms with Gasteiger partial charge in [0.25, 0.3) is 5.91 Å². The number of benzene rings is 1. The van der Waals surface area contributed by atoms with Crippen LogP contribution in [0.1, 0.15) is 23.2 Å². The number of carbonyl (C=O) groups is 1. The quantitative estimate of drug-likeness (QED) is 0.835. The lowest BCUT2D eigenvalue weighted by molar-refractivity contribution is 0.0779. The number of thioether (sulfide) groups is 1. The summed E-state index contributed by atoms with van der Waals surface area (Å²) in [5.41, 5.74) is 6.75. The van der Waals surface area contributed by atoms with Gasteiger partial charge in [0.2, 0.25) is 0 Å². The predicted octanol–water partition coefficient (Wildman–Crippen LogP) is 3.29. The van der Waals surface area contributed by atoms with Crippen LogP contribution in [0.5, 0.6) is 0 Å². The van der Waals surface area contributed by atoms with Gasteiger partial charge in [-0.3, -0.25) is 4.79 Å². The van der Waals surface area contributed by atoms with Crippen molar-refractivity contribution in [3.8, 4) is 0 Å². The second-order valence-corrected chi connectivity index (χ2v) is 7.01. The van der Waals surface area contributed by atoms with Crippen LogP contribution in [0.4, 0.5) is 0 Å². The molecule has 2 N–H and O–H groups in total. The number of halogens is 2. The number of nitrogens with zero attached hydrogens (tertiary/aromatic N) is 1. The second kappa shape index (κ2) is 6.78. The van der Waals surface area contributed by atoms with Gasteiger partial charge in [-0.25, -0.2) is 0 Å². The Labute approximate surface area is 141 Å².